The monoisotopic (exact) mass is 604 g/mol. The van der Waals surface area contributed by atoms with Crippen molar-refractivity contribution >= 4 is 17.2 Å². The largest absolute Gasteiger partial charge is 0.471 e. The van der Waals surface area contributed by atoms with Crippen molar-refractivity contribution in [3.05, 3.63) is 64.5 Å². The van der Waals surface area contributed by atoms with Crippen LogP contribution >= 0.6 is 11.3 Å². The lowest BCUT2D eigenvalue weighted by Crippen LogP contribution is -2.52. The van der Waals surface area contributed by atoms with Gasteiger partial charge in [-0.05, 0) is 68.0 Å². The van der Waals surface area contributed by atoms with Gasteiger partial charge in [0.1, 0.15) is 23.0 Å². The third kappa shape index (κ3) is 7.47. The van der Waals surface area contributed by atoms with Crippen molar-refractivity contribution in [2.45, 2.75) is 75.2 Å². The van der Waals surface area contributed by atoms with E-state index in [1.54, 1.807) is 23.7 Å². The first-order chi connectivity index (χ1) is 20.0. The van der Waals surface area contributed by atoms with E-state index in [-0.39, 0.29) is 31.2 Å². The summed E-state index contributed by atoms with van der Waals surface area (Å²) < 4.78 is 53.3. The van der Waals surface area contributed by atoms with Crippen LogP contribution in [-0.2, 0) is 22.4 Å². The molecule has 1 saturated carbocycles. The first-order valence-corrected chi connectivity index (χ1v) is 14.9. The number of carbonyl (C=O) groups is 1. The highest BCUT2D eigenvalue weighted by molar-refractivity contribution is 7.13. The predicted molar refractivity (Wildman–Crippen MR) is 152 cm³/mol. The fourth-order valence-corrected chi connectivity index (χ4v) is 6.30. The number of carbonyl (C=O) groups excluding carboxylic acids is 1. The molecule has 0 bridgehead atoms. The fourth-order valence-electron chi connectivity index (χ4n) is 5.67. The summed E-state index contributed by atoms with van der Waals surface area (Å²) >= 11 is 1.38. The summed E-state index contributed by atoms with van der Waals surface area (Å²) in [6.45, 7) is 0.742. The van der Waals surface area contributed by atoms with Crippen molar-refractivity contribution in [2.24, 2.45) is 0 Å². The molecule has 3 heterocycles. The molecule has 1 aliphatic carbocycles. The van der Waals surface area contributed by atoms with Crippen LogP contribution in [0.2, 0.25) is 0 Å². The van der Waals surface area contributed by atoms with Crippen LogP contribution in [0.3, 0.4) is 0 Å². The fraction of sp³-hybridized carbons (Fsp3) is 0.500. The van der Waals surface area contributed by atoms with Crippen LogP contribution in [-0.4, -0.2) is 64.9 Å². The van der Waals surface area contributed by atoms with Crippen LogP contribution in [0.15, 0.2) is 42.0 Å². The van der Waals surface area contributed by atoms with Crippen LogP contribution in [0.25, 0.3) is 10.6 Å². The van der Waals surface area contributed by atoms with E-state index < -0.39 is 36.2 Å². The molecule has 5 rings (SSSR count). The van der Waals surface area contributed by atoms with Gasteiger partial charge in [0.05, 0.1) is 12.1 Å². The van der Waals surface area contributed by atoms with Crippen molar-refractivity contribution in [2.75, 3.05) is 20.3 Å². The Morgan fingerprint density at radius 3 is 2.74 bits per heavy atom. The Bertz CT molecular complexity index is 1380. The number of amides is 1. The molecule has 2 aromatic heterocycles. The Balaban J connectivity index is 1.35. The average Bonchev–Trinajstić information content (AvgIpc) is 3.44. The number of nitrogens with zero attached hydrogens (tertiary/aromatic N) is 2. The lowest BCUT2D eigenvalue weighted by atomic mass is 9.73. The Labute approximate surface area is 246 Å². The zero-order valence-corrected chi connectivity index (χ0v) is 24.4. The van der Waals surface area contributed by atoms with Gasteiger partial charge in [-0.2, -0.15) is 0 Å². The first-order valence-electron chi connectivity index (χ1n) is 14.0. The van der Waals surface area contributed by atoms with Gasteiger partial charge in [0.15, 0.2) is 0 Å². The van der Waals surface area contributed by atoms with Crippen LogP contribution in [0.1, 0.15) is 55.3 Å². The van der Waals surface area contributed by atoms with Gasteiger partial charge in [-0.1, -0.05) is 0 Å². The first kappa shape index (κ1) is 30.4. The minimum atomic E-state index is -2.89. The van der Waals surface area contributed by atoms with E-state index in [2.05, 4.69) is 20.6 Å². The smallest absolute Gasteiger partial charge is 0.249 e. The second-order valence-electron chi connectivity index (χ2n) is 11.4. The Morgan fingerprint density at radius 2 is 2.07 bits per heavy atom. The topological polar surface area (TPSA) is 106 Å². The van der Waals surface area contributed by atoms with Gasteiger partial charge in [0, 0.05) is 61.4 Å². The lowest BCUT2D eigenvalue weighted by molar-refractivity contribution is -0.126. The normalized spacial score (nSPS) is 19.0. The number of benzene rings is 1. The zero-order chi connectivity index (χ0) is 29.9. The van der Waals surface area contributed by atoms with Gasteiger partial charge >= 0.3 is 0 Å². The number of hydrogen-bond donors (Lipinski definition) is 3. The summed E-state index contributed by atoms with van der Waals surface area (Å²) in [5.41, 5.74) is 1.88. The molecule has 1 aliphatic heterocycles. The molecule has 0 saturated heterocycles. The number of ether oxygens (including phenoxy) is 2. The molecule has 3 aromatic rings. The minimum absolute atomic E-state index is 0.0704. The Kier molecular flexibility index (Phi) is 9.17. The van der Waals surface area contributed by atoms with Crippen molar-refractivity contribution in [3.8, 4) is 16.5 Å². The van der Waals surface area contributed by atoms with Gasteiger partial charge in [-0.3, -0.25) is 4.79 Å². The lowest BCUT2D eigenvalue weighted by Gasteiger charge is -2.47. The third-order valence-electron chi connectivity index (χ3n) is 7.73. The molecular formula is C30H35F3N4O4S. The van der Waals surface area contributed by atoms with E-state index in [4.69, 9.17) is 9.47 Å². The van der Waals surface area contributed by atoms with E-state index in [0.29, 0.717) is 39.6 Å². The zero-order valence-electron chi connectivity index (χ0n) is 23.5. The number of aliphatic hydroxyl groups is 1. The third-order valence-corrected chi connectivity index (χ3v) is 8.55. The maximum absolute atomic E-state index is 14.6. The number of hydrogen-bond acceptors (Lipinski definition) is 8. The Hall–Kier alpha value is -3.06. The van der Waals surface area contributed by atoms with Crippen LogP contribution in [0.5, 0.6) is 5.88 Å². The second-order valence-corrected chi connectivity index (χ2v) is 12.2. The molecule has 1 spiro atoms. The highest BCUT2D eigenvalue weighted by Gasteiger charge is 2.46. The summed E-state index contributed by atoms with van der Waals surface area (Å²) in [4.78, 5) is 21.1. The number of fused-ring (bicyclic) bond motifs is 1. The second kappa shape index (κ2) is 12.7. The maximum atomic E-state index is 14.6. The van der Waals surface area contributed by atoms with Gasteiger partial charge in [0.25, 0.3) is 0 Å². The summed E-state index contributed by atoms with van der Waals surface area (Å²) in [5.74, 6) is -3.34. The number of nitrogens with one attached hydrogen (secondary N) is 2. The summed E-state index contributed by atoms with van der Waals surface area (Å²) in [6, 6.07) is 5.19. The number of pyridine rings is 1. The van der Waals surface area contributed by atoms with E-state index >= 15 is 0 Å². The van der Waals surface area contributed by atoms with Gasteiger partial charge < -0.3 is 25.2 Å². The number of alkyl halides is 2. The molecule has 0 radical (unpaired) electrons. The van der Waals surface area contributed by atoms with Crippen LogP contribution in [0, 0.1) is 5.82 Å². The molecule has 3 N–H and O–H groups in total. The number of aliphatic hydroxyl groups excluding tert-OH is 1. The number of methoxy groups -OCH3 is 1. The highest BCUT2D eigenvalue weighted by atomic mass is 32.1. The quantitative estimate of drug-likeness (QED) is 0.277. The van der Waals surface area contributed by atoms with Crippen LogP contribution < -0.4 is 15.4 Å². The molecule has 1 fully saturated rings. The molecule has 226 valence electrons. The molecule has 42 heavy (non-hydrogen) atoms. The summed E-state index contributed by atoms with van der Waals surface area (Å²) in [7, 11) is 1.40. The minimum Gasteiger partial charge on any atom is -0.471 e. The van der Waals surface area contributed by atoms with Crippen molar-refractivity contribution in [3.63, 3.8) is 0 Å². The van der Waals surface area contributed by atoms with Crippen LogP contribution in [0.4, 0.5) is 13.2 Å². The molecular weight excluding hydrogens is 569 g/mol. The summed E-state index contributed by atoms with van der Waals surface area (Å²) in [6.07, 6.45) is 5.05. The highest BCUT2D eigenvalue weighted by Crippen LogP contribution is 2.48. The maximum Gasteiger partial charge on any atom is 0.249 e. The van der Waals surface area contributed by atoms with Gasteiger partial charge in [0.2, 0.25) is 17.7 Å². The molecule has 1 amide bonds. The van der Waals surface area contributed by atoms with Gasteiger partial charge in [-0.15, -0.1) is 11.3 Å². The van der Waals surface area contributed by atoms with Gasteiger partial charge in [-0.25, -0.2) is 23.1 Å². The predicted octanol–water partition coefficient (Wildman–Crippen LogP) is 4.61. The van der Waals surface area contributed by atoms with Crippen molar-refractivity contribution in [1.82, 2.24) is 20.6 Å². The van der Waals surface area contributed by atoms with E-state index in [0.717, 1.165) is 26.2 Å². The number of aromatic nitrogens is 2. The molecule has 8 nitrogen and oxygen atoms in total. The molecule has 1 aromatic carbocycles. The SMILES string of the molecule is COCC(=O)N[C@@H](Cc1cc(F)cc(-c2nccs2)c1)[C@@H](O)CNC1CC2(CCC2)Oc2ncc(CC(C)(F)F)cc21. The standard InChI is InChI=1S/C30H35F3N4O4S/c1-29(32,33)13-19-10-22-24(14-30(4-3-5-30)41-27(22)36-15-19)35-16-25(38)23(37-26(39)17-40-2)11-18-8-20(12-21(31)9-18)28-34-6-7-42-28/h6-10,12,15,23-25,35,38H,3-5,11,13-14,16-17H2,1-2H3,(H,37,39)/t23-,24?,25-/m0/s1. The molecule has 12 heteroatoms. The average molecular weight is 605 g/mol. The van der Waals surface area contributed by atoms with E-state index in [9.17, 15) is 23.1 Å². The number of halogens is 3. The van der Waals surface area contributed by atoms with E-state index in [1.807, 2.05) is 0 Å². The molecule has 2 aliphatic rings. The Morgan fingerprint density at radius 1 is 1.26 bits per heavy atom. The van der Waals surface area contributed by atoms with E-state index in [1.165, 1.54) is 36.8 Å². The van der Waals surface area contributed by atoms with Crippen molar-refractivity contribution < 1.29 is 32.5 Å². The van der Waals surface area contributed by atoms with Crippen molar-refractivity contribution in [1.29, 1.82) is 0 Å². The number of rotatable bonds is 12. The molecule has 3 atom stereocenters. The number of thiazole rings is 1. The summed E-state index contributed by atoms with van der Waals surface area (Å²) in [5, 5.41) is 20.0. The molecule has 1 unspecified atom stereocenters.